The van der Waals surface area contributed by atoms with E-state index in [9.17, 15) is 14.4 Å². The maximum absolute atomic E-state index is 12.8. The van der Waals surface area contributed by atoms with E-state index in [0.717, 1.165) is 18.4 Å². The van der Waals surface area contributed by atoms with Gasteiger partial charge in [0, 0.05) is 13.1 Å². The number of aryl methyl sites for hydroxylation is 2. The van der Waals surface area contributed by atoms with E-state index in [-0.39, 0.29) is 24.7 Å². The smallest absolute Gasteiger partial charge is 0.308 e. The topological polar surface area (TPSA) is 75.7 Å². The van der Waals surface area contributed by atoms with Crippen LogP contribution in [-0.2, 0) is 38.4 Å². The number of fused-ring (bicyclic) bond motifs is 1. The summed E-state index contributed by atoms with van der Waals surface area (Å²) in [6.45, 7) is 0.823. The molecule has 0 spiro atoms. The highest BCUT2D eigenvalue weighted by molar-refractivity contribution is 5.92. The first-order valence-electron chi connectivity index (χ1n) is 8.83. The van der Waals surface area contributed by atoms with E-state index in [1.165, 1.54) is 36.0 Å². The Morgan fingerprint density at radius 1 is 1.24 bits per heavy atom. The molecule has 1 N–H and O–H groups in total. The Morgan fingerprint density at radius 2 is 2.00 bits per heavy atom. The minimum Gasteiger partial charge on any atom is -0.469 e. The minimum absolute atomic E-state index is 0.113. The van der Waals surface area contributed by atoms with Crippen molar-refractivity contribution in [2.24, 2.45) is 0 Å². The average Bonchev–Trinajstić information content (AvgIpc) is 2.63. The van der Waals surface area contributed by atoms with E-state index in [2.05, 4.69) is 22.2 Å². The van der Waals surface area contributed by atoms with Gasteiger partial charge in [-0.15, -0.1) is 0 Å². The van der Waals surface area contributed by atoms with Crippen LogP contribution in [0.15, 0.2) is 18.2 Å². The van der Waals surface area contributed by atoms with Gasteiger partial charge in [-0.3, -0.25) is 14.4 Å². The van der Waals surface area contributed by atoms with E-state index in [1.54, 1.807) is 0 Å². The number of esters is 1. The lowest BCUT2D eigenvalue weighted by molar-refractivity contribution is -0.150. The van der Waals surface area contributed by atoms with Crippen molar-refractivity contribution in [3.05, 3.63) is 34.9 Å². The van der Waals surface area contributed by atoms with Crippen molar-refractivity contribution < 1.29 is 19.1 Å². The molecule has 1 aliphatic heterocycles. The predicted molar refractivity (Wildman–Crippen MR) is 91.9 cm³/mol. The fourth-order valence-corrected chi connectivity index (χ4v) is 3.63. The van der Waals surface area contributed by atoms with E-state index < -0.39 is 12.0 Å². The van der Waals surface area contributed by atoms with Crippen molar-refractivity contribution in [1.29, 1.82) is 0 Å². The number of ether oxygens (including phenoxy) is 1. The molecule has 2 aliphatic rings. The highest BCUT2D eigenvalue weighted by Gasteiger charge is 2.34. The maximum atomic E-state index is 12.8. The molecule has 25 heavy (non-hydrogen) atoms. The second kappa shape index (κ2) is 7.68. The summed E-state index contributed by atoms with van der Waals surface area (Å²) in [5.74, 6) is -0.913. The Hall–Kier alpha value is -2.37. The molecule has 1 aromatic rings. The standard InChI is InChI=1S/C19H24N2O4/c1-25-18(23)12-16-19(24)20-8-9-21(16)17(22)11-13-6-7-14-4-2-3-5-15(14)10-13/h6-7,10,16H,2-5,8-9,11-12H2,1H3,(H,20,24). The number of hydrogen-bond acceptors (Lipinski definition) is 4. The molecule has 1 aliphatic carbocycles. The Balaban J connectivity index is 1.72. The quantitative estimate of drug-likeness (QED) is 0.827. The number of amides is 2. The number of nitrogens with one attached hydrogen (secondary N) is 1. The maximum Gasteiger partial charge on any atom is 0.308 e. The zero-order valence-electron chi connectivity index (χ0n) is 14.5. The molecule has 1 atom stereocenters. The number of carbonyl (C=O) groups is 3. The molecule has 3 rings (SSSR count). The van der Waals surface area contributed by atoms with Gasteiger partial charge in [-0.25, -0.2) is 0 Å². The highest BCUT2D eigenvalue weighted by atomic mass is 16.5. The van der Waals surface area contributed by atoms with E-state index >= 15 is 0 Å². The van der Waals surface area contributed by atoms with Crippen molar-refractivity contribution in [2.45, 2.75) is 44.6 Å². The molecule has 1 aromatic carbocycles. The van der Waals surface area contributed by atoms with Crippen LogP contribution in [0.3, 0.4) is 0 Å². The number of hydrogen-bond donors (Lipinski definition) is 1. The number of carbonyl (C=O) groups excluding carboxylic acids is 3. The minimum atomic E-state index is -0.786. The SMILES string of the molecule is COC(=O)CC1C(=O)NCCN1C(=O)Cc1ccc2c(c1)CCCC2. The van der Waals surface area contributed by atoms with E-state index in [0.29, 0.717) is 13.1 Å². The first-order valence-corrected chi connectivity index (χ1v) is 8.83. The van der Waals surface area contributed by atoms with Gasteiger partial charge in [-0.05, 0) is 42.4 Å². The van der Waals surface area contributed by atoms with Crippen molar-refractivity contribution in [3.8, 4) is 0 Å². The fraction of sp³-hybridized carbons (Fsp3) is 0.526. The van der Waals surface area contributed by atoms with Gasteiger partial charge in [-0.2, -0.15) is 0 Å². The molecule has 1 heterocycles. The monoisotopic (exact) mass is 344 g/mol. The van der Waals surface area contributed by atoms with Crippen LogP contribution < -0.4 is 5.32 Å². The van der Waals surface area contributed by atoms with Crippen molar-refractivity contribution in [3.63, 3.8) is 0 Å². The molecule has 0 saturated carbocycles. The van der Waals surface area contributed by atoms with Crippen molar-refractivity contribution in [2.75, 3.05) is 20.2 Å². The Labute approximate surface area is 147 Å². The summed E-state index contributed by atoms with van der Waals surface area (Å²) < 4.78 is 4.65. The lowest BCUT2D eigenvalue weighted by Gasteiger charge is -2.34. The summed E-state index contributed by atoms with van der Waals surface area (Å²) in [5, 5.41) is 2.71. The number of piperazine rings is 1. The Morgan fingerprint density at radius 3 is 2.76 bits per heavy atom. The molecule has 2 amide bonds. The molecule has 0 radical (unpaired) electrons. The normalized spacial score (nSPS) is 19.8. The summed E-state index contributed by atoms with van der Waals surface area (Å²) in [5.41, 5.74) is 3.68. The molecule has 1 unspecified atom stereocenters. The van der Waals surface area contributed by atoms with Gasteiger partial charge in [0.2, 0.25) is 11.8 Å². The lowest BCUT2D eigenvalue weighted by Crippen LogP contribution is -2.58. The van der Waals surface area contributed by atoms with Crippen LogP contribution in [0.25, 0.3) is 0 Å². The molecule has 1 saturated heterocycles. The van der Waals surface area contributed by atoms with Gasteiger partial charge in [-0.1, -0.05) is 18.2 Å². The van der Waals surface area contributed by atoms with Gasteiger partial charge in [0.05, 0.1) is 20.0 Å². The van der Waals surface area contributed by atoms with Gasteiger partial charge in [0.25, 0.3) is 0 Å². The third-order valence-electron chi connectivity index (χ3n) is 5.01. The van der Waals surface area contributed by atoms with Gasteiger partial charge < -0.3 is 15.0 Å². The first kappa shape index (κ1) is 17.5. The van der Waals surface area contributed by atoms with Crippen molar-refractivity contribution >= 4 is 17.8 Å². The Kier molecular flexibility index (Phi) is 5.36. The predicted octanol–water partition coefficient (Wildman–Crippen LogP) is 0.998. The van der Waals surface area contributed by atoms with Crippen LogP contribution in [0, 0.1) is 0 Å². The summed E-state index contributed by atoms with van der Waals surface area (Å²) in [7, 11) is 1.28. The molecule has 6 nitrogen and oxygen atoms in total. The molecular weight excluding hydrogens is 320 g/mol. The van der Waals surface area contributed by atoms with Crippen LogP contribution in [0.1, 0.15) is 36.0 Å². The number of rotatable bonds is 4. The van der Waals surface area contributed by atoms with Crippen LogP contribution >= 0.6 is 0 Å². The number of benzene rings is 1. The zero-order valence-corrected chi connectivity index (χ0v) is 14.5. The average molecular weight is 344 g/mol. The van der Waals surface area contributed by atoms with E-state index in [4.69, 9.17) is 0 Å². The van der Waals surface area contributed by atoms with Gasteiger partial charge >= 0.3 is 5.97 Å². The third-order valence-corrected chi connectivity index (χ3v) is 5.01. The van der Waals surface area contributed by atoms with Crippen molar-refractivity contribution in [1.82, 2.24) is 10.2 Å². The van der Waals surface area contributed by atoms with Gasteiger partial charge in [0.1, 0.15) is 6.04 Å². The second-order valence-electron chi connectivity index (χ2n) is 6.66. The molecular formula is C19H24N2O4. The second-order valence-corrected chi connectivity index (χ2v) is 6.66. The van der Waals surface area contributed by atoms with Crippen LogP contribution in [0.5, 0.6) is 0 Å². The van der Waals surface area contributed by atoms with Crippen LogP contribution in [-0.4, -0.2) is 48.9 Å². The molecule has 0 aromatic heterocycles. The van der Waals surface area contributed by atoms with Crippen LogP contribution in [0.4, 0.5) is 0 Å². The summed E-state index contributed by atoms with van der Waals surface area (Å²) in [6, 6.07) is 5.45. The summed E-state index contributed by atoms with van der Waals surface area (Å²) in [6.07, 6.45) is 4.73. The number of methoxy groups -OCH3 is 1. The third kappa shape index (κ3) is 4.00. The summed E-state index contributed by atoms with van der Waals surface area (Å²) >= 11 is 0. The number of nitrogens with zero attached hydrogens (tertiary/aromatic N) is 1. The summed E-state index contributed by atoms with van der Waals surface area (Å²) in [4.78, 5) is 37.9. The molecule has 1 fully saturated rings. The lowest BCUT2D eigenvalue weighted by atomic mass is 9.90. The Bertz CT molecular complexity index is 686. The first-order chi connectivity index (χ1) is 12.1. The fourth-order valence-electron chi connectivity index (χ4n) is 3.63. The molecule has 0 bridgehead atoms. The molecule has 134 valence electrons. The van der Waals surface area contributed by atoms with E-state index in [1.807, 2.05) is 6.07 Å². The van der Waals surface area contributed by atoms with Gasteiger partial charge in [0.15, 0.2) is 0 Å². The zero-order chi connectivity index (χ0) is 17.8. The highest BCUT2D eigenvalue weighted by Crippen LogP contribution is 2.23. The van der Waals surface area contributed by atoms with Crippen LogP contribution in [0.2, 0.25) is 0 Å². The largest absolute Gasteiger partial charge is 0.469 e. The molecule has 6 heteroatoms.